The molecule has 42 heavy (non-hydrogen) atoms. The Bertz CT molecular complexity index is 1590. The van der Waals surface area contributed by atoms with Crippen molar-refractivity contribution in [3.05, 3.63) is 132 Å². The minimum Gasteiger partial charge on any atom is -0.341 e. The molecule has 5 aromatic rings. The topological polar surface area (TPSA) is 6.48 Å². The molecular weight excluding hydrogens is 508 g/mol. The molecule has 5 aromatic carbocycles. The standard InChI is InChI=1S/C40H40N2/c1-40(2,3)31-26-32(41-24-12-20-36-34(18-10-22-38(36)41)29-14-6-4-7-15-29)28-33(27-31)42-25-13-21-37-35(19-11-23-39(37)42)30-16-8-5-9-17-30/h4-11,14-19,22-23,26-28H,12-13,20-21,24-25H2,1-3H3. The van der Waals surface area contributed by atoms with E-state index in [0.29, 0.717) is 0 Å². The summed E-state index contributed by atoms with van der Waals surface area (Å²) < 4.78 is 0. The number of rotatable bonds is 4. The molecule has 0 amide bonds. The van der Waals surface area contributed by atoms with Crippen molar-refractivity contribution in [3.63, 3.8) is 0 Å². The van der Waals surface area contributed by atoms with Crippen molar-refractivity contribution in [2.75, 3.05) is 22.9 Å². The van der Waals surface area contributed by atoms with Crippen LogP contribution in [0.5, 0.6) is 0 Å². The molecule has 0 N–H and O–H groups in total. The number of fused-ring (bicyclic) bond motifs is 2. The van der Waals surface area contributed by atoms with E-state index in [-0.39, 0.29) is 5.41 Å². The van der Waals surface area contributed by atoms with E-state index in [4.69, 9.17) is 0 Å². The molecule has 0 radical (unpaired) electrons. The fraction of sp³-hybridized carbons (Fsp3) is 0.250. The highest BCUT2D eigenvalue weighted by Crippen LogP contribution is 2.44. The predicted octanol–water partition coefficient (Wildman–Crippen LogP) is 10.5. The monoisotopic (exact) mass is 548 g/mol. The first-order chi connectivity index (χ1) is 20.5. The number of hydrogen-bond acceptors (Lipinski definition) is 2. The van der Waals surface area contributed by atoms with Crippen molar-refractivity contribution in [1.82, 2.24) is 0 Å². The Kier molecular flexibility index (Phi) is 6.86. The Labute approximate surface area is 251 Å². The second kappa shape index (κ2) is 10.8. The largest absolute Gasteiger partial charge is 0.341 e. The molecule has 0 saturated heterocycles. The zero-order valence-corrected chi connectivity index (χ0v) is 25.1. The van der Waals surface area contributed by atoms with Gasteiger partial charge >= 0.3 is 0 Å². The maximum absolute atomic E-state index is 2.58. The average molecular weight is 549 g/mol. The van der Waals surface area contributed by atoms with Crippen molar-refractivity contribution in [1.29, 1.82) is 0 Å². The van der Waals surface area contributed by atoms with Gasteiger partial charge < -0.3 is 9.80 Å². The summed E-state index contributed by atoms with van der Waals surface area (Å²) in [6.45, 7) is 9.08. The van der Waals surface area contributed by atoms with E-state index < -0.39 is 0 Å². The summed E-state index contributed by atoms with van der Waals surface area (Å²) in [4.78, 5) is 5.16. The lowest BCUT2D eigenvalue weighted by atomic mass is 9.85. The van der Waals surface area contributed by atoms with Gasteiger partial charge in [0, 0.05) is 35.8 Å². The van der Waals surface area contributed by atoms with E-state index in [0.717, 1.165) is 38.8 Å². The third kappa shape index (κ3) is 4.90. The van der Waals surface area contributed by atoms with Gasteiger partial charge in [-0.05, 0) is 100 Å². The summed E-state index contributed by atoms with van der Waals surface area (Å²) in [5.41, 5.74) is 15.0. The number of anilines is 4. The molecule has 7 rings (SSSR count). The lowest BCUT2D eigenvalue weighted by Gasteiger charge is -2.37. The highest BCUT2D eigenvalue weighted by molar-refractivity contribution is 5.83. The fourth-order valence-corrected chi connectivity index (χ4v) is 6.90. The molecular formula is C40H40N2. The van der Waals surface area contributed by atoms with Gasteiger partial charge in [0.15, 0.2) is 0 Å². The first-order valence-electron chi connectivity index (χ1n) is 15.5. The zero-order valence-electron chi connectivity index (χ0n) is 25.1. The second-order valence-electron chi connectivity index (χ2n) is 12.8. The van der Waals surface area contributed by atoms with Crippen LogP contribution in [0.4, 0.5) is 22.7 Å². The van der Waals surface area contributed by atoms with Crippen molar-refractivity contribution in [3.8, 4) is 22.3 Å². The zero-order chi connectivity index (χ0) is 28.7. The van der Waals surface area contributed by atoms with Crippen LogP contribution in [0.2, 0.25) is 0 Å². The Morgan fingerprint density at radius 3 is 1.38 bits per heavy atom. The van der Waals surface area contributed by atoms with Crippen LogP contribution in [0.1, 0.15) is 50.3 Å². The maximum Gasteiger partial charge on any atom is 0.0449 e. The van der Waals surface area contributed by atoms with E-state index in [2.05, 4.69) is 146 Å². The Morgan fingerprint density at radius 2 is 0.952 bits per heavy atom. The molecule has 0 saturated carbocycles. The molecule has 2 aliphatic heterocycles. The van der Waals surface area contributed by atoms with Gasteiger partial charge in [-0.2, -0.15) is 0 Å². The van der Waals surface area contributed by atoms with E-state index in [1.165, 1.54) is 61.7 Å². The minimum atomic E-state index is 0.0414. The van der Waals surface area contributed by atoms with Crippen LogP contribution in [0, 0.1) is 0 Å². The lowest BCUT2D eigenvalue weighted by Crippen LogP contribution is -2.28. The van der Waals surface area contributed by atoms with Gasteiger partial charge in [-0.15, -0.1) is 0 Å². The molecule has 0 fully saturated rings. The van der Waals surface area contributed by atoms with Crippen LogP contribution in [-0.2, 0) is 18.3 Å². The summed E-state index contributed by atoms with van der Waals surface area (Å²) >= 11 is 0. The smallest absolute Gasteiger partial charge is 0.0449 e. The van der Waals surface area contributed by atoms with Crippen LogP contribution >= 0.6 is 0 Å². The number of hydrogen-bond donors (Lipinski definition) is 0. The van der Waals surface area contributed by atoms with Crippen LogP contribution < -0.4 is 9.80 Å². The van der Waals surface area contributed by atoms with Crippen LogP contribution in [0.15, 0.2) is 115 Å². The van der Waals surface area contributed by atoms with E-state index in [9.17, 15) is 0 Å². The van der Waals surface area contributed by atoms with Crippen LogP contribution in [0.25, 0.3) is 22.3 Å². The van der Waals surface area contributed by atoms with E-state index >= 15 is 0 Å². The predicted molar refractivity (Wildman–Crippen MR) is 180 cm³/mol. The van der Waals surface area contributed by atoms with Crippen LogP contribution in [-0.4, -0.2) is 13.1 Å². The van der Waals surface area contributed by atoms with E-state index in [1.54, 1.807) is 0 Å². The highest BCUT2D eigenvalue weighted by Gasteiger charge is 2.27. The van der Waals surface area contributed by atoms with Crippen molar-refractivity contribution >= 4 is 22.7 Å². The van der Waals surface area contributed by atoms with Crippen molar-refractivity contribution in [2.24, 2.45) is 0 Å². The second-order valence-corrected chi connectivity index (χ2v) is 12.8. The molecule has 2 heteroatoms. The third-order valence-electron chi connectivity index (χ3n) is 9.06. The summed E-state index contributed by atoms with van der Waals surface area (Å²) in [5.74, 6) is 0. The molecule has 0 bridgehead atoms. The minimum absolute atomic E-state index is 0.0414. The van der Waals surface area contributed by atoms with Gasteiger partial charge in [-0.3, -0.25) is 0 Å². The fourth-order valence-electron chi connectivity index (χ4n) is 6.90. The van der Waals surface area contributed by atoms with Gasteiger partial charge in [0.05, 0.1) is 0 Å². The Morgan fingerprint density at radius 1 is 0.500 bits per heavy atom. The van der Waals surface area contributed by atoms with Crippen LogP contribution in [0.3, 0.4) is 0 Å². The molecule has 2 heterocycles. The quantitative estimate of drug-likeness (QED) is 0.220. The first kappa shape index (κ1) is 26.6. The average Bonchev–Trinajstić information content (AvgIpc) is 3.04. The van der Waals surface area contributed by atoms with Gasteiger partial charge in [-0.25, -0.2) is 0 Å². The summed E-state index contributed by atoms with van der Waals surface area (Å²) in [5, 5.41) is 0. The first-order valence-corrected chi connectivity index (χ1v) is 15.5. The Hall–Kier alpha value is -4.30. The molecule has 0 aromatic heterocycles. The Balaban J connectivity index is 1.35. The highest BCUT2D eigenvalue weighted by atomic mass is 15.2. The molecule has 210 valence electrons. The SMILES string of the molecule is CC(C)(C)c1cc(N2CCCc3c(-c4ccccc4)cccc32)cc(N2CCCc3c(-c4ccccc4)cccc32)c1. The van der Waals surface area contributed by atoms with Gasteiger partial charge in [0.25, 0.3) is 0 Å². The number of benzene rings is 5. The maximum atomic E-state index is 2.58. The molecule has 2 nitrogen and oxygen atoms in total. The molecule has 0 aliphatic carbocycles. The van der Waals surface area contributed by atoms with Crippen molar-refractivity contribution in [2.45, 2.75) is 51.9 Å². The summed E-state index contributed by atoms with van der Waals surface area (Å²) in [7, 11) is 0. The van der Waals surface area contributed by atoms with E-state index in [1.807, 2.05) is 0 Å². The van der Waals surface area contributed by atoms with Gasteiger partial charge in [-0.1, -0.05) is 106 Å². The normalized spacial score (nSPS) is 14.8. The number of nitrogens with zero attached hydrogens (tertiary/aromatic N) is 2. The third-order valence-corrected chi connectivity index (χ3v) is 9.06. The summed E-state index contributed by atoms with van der Waals surface area (Å²) in [6, 6.07) is 42.8. The summed E-state index contributed by atoms with van der Waals surface area (Å²) in [6.07, 6.45) is 4.53. The molecule has 0 spiro atoms. The van der Waals surface area contributed by atoms with Gasteiger partial charge in [0.2, 0.25) is 0 Å². The molecule has 0 atom stereocenters. The molecule has 0 unspecified atom stereocenters. The van der Waals surface area contributed by atoms with Gasteiger partial charge in [0.1, 0.15) is 0 Å². The van der Waals surface area contributed by atoms with Crippen molar-refractivity contribution < 1.29 is 0 Å². The lowest BCUT2D eigenvalue weighted by molar-refractivity contribution is 0.589. The molecule has 2 aliphatic rings.